The Kier molecular flexibility index (Phi) is 4.04. The molecule has 0 spiro atoms. The van der Waals surface area contributed by atoms with Gasteiger partial charge in [0.25, 0.3) is 0 Å². The van der Waals surface area contributed by atoms with Crippen molar-refractivity contribution in [1.82, 2.24) is 9.88 Å². The lowest BCUT2D eigenvalue weighted by atomic mass is 10.2. The predicted molar refractivity (Wildman–Crippen MR) is 70.5 cm³/mol. The Balaban J connectivity index is 2.15. The van der Waals surface area contributed by atoms with E-state index in [2.05, 4.69) is 21.7 Å². The van der Waals surface area contributed by atoms with Gasteiger partial charge in [-0.1, -0.05) is 18.5 Å². The molecule has 2 rings (SSSR count). The molecule has 1 N–H and O–H groups in total. The van der Waals surface area contributed by atoms with Crippen LogP contribution in [0, 0.1) is 0 Å². The first-order valence-corrected chi connectivity index (χ1v) is 6.35. The van der Waals surface area contributed by atoms with E-state index in [0.29, 0.717) is 5.82 Å². The Morgan fingerprint density at radius 3 is 2.67 bits per heavy atom. The number of anilines is 1. The summed E-state index contributed by atoms with van der Waals surface area (Å²) in [6.07, 6.45) is 1.41. The molecule has 0 unspecified atom stereocenters. The van der Waals surface area contributed by atoms with Crippen LogP contribution in [-0.4, -0.2) is 53.7 Å². The summed E-state index contributed by atoms with van der Waals surface area (Å²) >= 11 is 5.81. The zero-order valence-corrected chi connectivity index (χ0v) is 11.0. The van der Waals surface area contributed by atoms with Gasteiger partial charge in [0.05, 0.1) is 10.6 Å². The molecule has 0 amide bonds. The molecule has 0 aromatic carbocycles. The summed E-state index contributed by atoms with van der Waals surface area (Å²) in [6.45, 7) is 6.86. The van der Waals surface area contributed by atoms with Crippen LogP contribution in [0.2, 0.25) is 5.02 Å². The number of carboxylic acid groups (broad SMARTS) is 1. The van der Waals surface area contributed by atoms with Gasteiger partial charge in [-0.25, -0.2) is 9.78 Å². The van der Waals surface area contributed by atoms with E-state index in [1.54, 1.807) is 6.07 Å². The lowest BCUT2D eigenvalue weighted by molar-refractivity contribution is 0.0697. The van der Waals surface area contributed by atoms with Crippen molar-refractivity contribution in [2.75, 3.05) is 37.6 Å². The molecule has 1 aliphatic rings. The number of nitrogens with zero attached hydrogens (tertiary/aromatic N) is 3. The van der Waals surface area contributed by atoms with Crippen molar-refractivity contribution in [3.8, 4) is 0 Å². The summed E-state index contributed by atoms with van der Waals surface area (Å²) in [5.74, 6) is -0.330. The molecule has 2 heterocycles. The van der Waals surface area contributed by atoms with Gasteiger partial charge < -0.3 is 14.9 Å². The number of halogens is 1. The van der Waals surface area contributed by atoms with Crippen molar-refractivity contribution in [2.24, 2.45) is 0 Å². The maximum Gasteiger partial charge on any atom is 0.337 e. The van der Waals surface area contributed by atoms with E-state index in [0.717, 1.165) is 32.7 Å². The summed E-state index contributed by atoms with van der Waals surface area (Å²) in [6, 6.07) is 1.55. The maximum absolute atomic E-state index is 11.0. The van der Waals surface area contributed by atoms with Crippen LogP contribution < -0.4 is 4.90 Å². The average Bonchev–Trinajstić information content (AvgIpc) is 2.39. The number of hydrogen-bond acceptors (Lipinski definition) is 4. The van der Waals surface area contributed by atoms with Crippen molar-refractivity contribution in [2.45, 2.75) is 6.92 Å². The van der Waals surface area contributed by atoms with E-state index in [9.17, 15) is 4.79 Å². The highest BCUT2D eigenvalue weighted by molar-refractivity contribution is 6.33. The lowest BCUT2D eigenvalue weighted by Crippen LogP contribution is -2.46. The van der Waals surface area contributed by atoms with Crippen LogP contribution in [-0.2, 0) is 0 Å². The second-order valence-corrected chi connectivity index (χ2v) is 4.66. The molecule has 1 aromatic heterocycles. The molecule has 1 aliphatic heterocycles. The third-order valence-corrected chi connectivity index (χ3v) is 3.52. The van der Waals surface area contributed by atoms with Crippen LogP contribution in [0.25, 0.3) is 0 Å². The Labute approximate surface area is 111 Å². The number of piperazine rings is 1. The standard InChI is InChI=1S/C12H16ClN3O2/c1-2-15-3-5-16(6-4-15)11-7-9(12(17)18)10(13)8-14-11/h7-8H,2-6H2,1H3,(H,17,18). The summed E-state index contributed by atoms with van der Waals surface area (Å²) in [7, 11) is 0. The number of pyridine rings is 1. The Morgan fingerprint density at radius 1 is 1.44 bits per heavy atom. The third-order valence-electron chi connectivity index (χ3n) is 3.21. The van der Waals surface area contributed by atoms with Crippen molar-refractivity contribution >= 4 is 23.4 Å². The lowest BCUT2D eigenvalue weighted by Gasteiger charge is -2.34. The molecule has 0 aliphatic carbocycles. The molecule has 0 bridgehead atoms. The zero-order chi connectivity index (χ0) is 13.1. The van der Waals surface area contributed by atoms with Gasteiger partial charge in [0.1, 0.15) is 5.82 Å². The zero-order valence-electron chi connectivity index (χ0n) is 10.3. The number of likely N-dealkylation sites (N-methyl/N-ethyl adjacent to an activating group) is 1. The topological polar surface area (TPSA) is 56.7 Å². The minimum Gasteiger partial charge on any atom is -0.478 e. The van der Waals surface area contributed by atoms with E-state index in [4.69, 9.17) is 16.7 Å². The van der Waals surface area contributed by atoms with Crippen LogP contribution in [0.1, 0.15) is 17.3 Å². The van der Waals surface area contributed by atoms with Gasteiger partial charge >= 0.3 is 5.97 Å². The molecule has 18 heavy (non-hydrogen) atoms. The van der Waals surface area contributed by atoms with Crippen LogP contribution >= 0.6 is 11.6 Å². The van der Waals surface area contributed by atoms with E-state index in [1.807, 2.05) is 0 Å². The number of rotatable bonds is 3. The Hall–Kier alpha value is -1.33. The molecular formula is C12H16ClN3O2. The van der Waals surface area contributed by atoms with Crippen molar-refractivity contribution in [1.29, 1.82) is 0 Å². The fourth-order valence-corrected chi connectivity index (χ4v) is 2.24. The molecule has 6 heteroatoms. The molecule has 1 aromatic rings. The summed E-state index contributed by atoms with van der Waals surface area (Å²) in [4.78, 5) is 19.7. The van der Waals surface area contributed by atoms with Crippen LogP contribution in [0.5, 0.6) is 0 Å². The minimum absolute atomic E-state index is 0.111. The first-order chi connectivity index (χ1) is 8.61. The van der Waals surface area contributed by atoms with E-state index < -0.39 is 5.97 Å². The average molecular weight is 270 g/mol. The van der Waals surface area contributed by atoms with Gasteiger partial charge in [-0.15, -0.1) is 0 Å². The highest BCUT2D eigenvalue weighted by Gasteiger charge is 2.19. The number of aromatic nitrogens is 1. The Bertz CT molecular complexity index is 445. The summed E-state index contributed by atoms with van der Waals surface area (Å²) in [5.41, 5.74) is 0.111. The molecular weight excluding hydrogens is 254 g/mol. The number of hydrogen-bond donors (Lipinski definition) is 1. The van der Waals surface area contributed by atoms with Crippen molar-refractivity contribution in [3.63, 3.8) is 0 Å². The van der Waals surface area contributed by atoms with E-state index >= 15 is 0 Å². The second-order valence-electron chi connectivity index (χ2n) is 4.25. The fraction of sp³-hybridized carbons (Fsp3) is 0.500. The van der Waals surface area contributed by atoms with Crippen LogP contribution in [0.4, 0.5) is 5.82 Å². The number of carboxylic acids is 1. The van der Waals surface area contributed by atoms with Gasteiger partial charge in [-0.05, 0) is 12.6 Å². The summed E-state index contributed by atoms with van der Waals surface area (Å²) in [5, 5.41) is 9.21. The number of aromatic carboxylic acids is 1. The first kappa shape index (κ1) is 13.1. The molecule has 5 nitrogen and oxygen atoms in total. The van der Waals surface area contributed by atoms with E-state index in [-0.39, 0.29) is 10.6 Å². The molecule has 1 fully saturated rings. The predicted octanol–water partition coefficient (Wildman–Crippen LogP) is 1.58. The molecule has 0 atom stereocenters. The van der Waals surface area contributed by atoms with Crippen molar-refractivity contribution < 1.29 is 9.90 Å². The largest absolute Gasteiger partial charge is 0.478 e. The SMILES string of the molecule is CCN1CCN(c2cc(C(=O)O)c(Cl)cn2)CC1. The molecule has 0 radical (unpaired) electrons. The fourth-order valence-electron chi connectivity index (χ4n) is 2.06. The minimum atomic E-state index is -1.02. The molecule has 1 saturated heterocycles. The van der Waals surface area contributed by atoms with Gasteiger partial charge in [0.2, 0.25) is 0 Å². The van der Waals surface area contributed by atoms with Gasteiger partial charge in [0, 0.05) is 32.4 Å². The molecule has 0 saturated carbocycles. The quantitative estimate of drug-likeness (QED) is 0.903. The maximum atomic E-state index is 11.0. The highest BCUT2D eigenvalue weighted by atomic mass is 35.5. The van der Waals surface area contributed by atoms with Crippen molar-refractivity contribution in [3.05, 3.63) is 22.8 Å². The van der Waals surface area contributed by atoms with E-state index in [1.165, 1.54) is 6.20 Å². The number of carbonyl (C=O) groups is 1. The second kappa shape index (κ2) is 5.54. The van der Waals surface area contributed by atoms with Crippen LogP contribution in [0.15, 0.2) is 12.3 Å². The smallest absolute Gasteiger partial charge is 0.337 e. The monoisotopic (exact) mass is 269 g/mol. The third kappa shape index (κ3) is 2.73. The highest BCUT2D eigenvalue weighted by Crippen LogP contribution is 2.21. The van der Waals surface area contributed by atoms with Crippen LogP contribution in [0.3, 0.4) is 0 Å². The van der Waals surface area contributed by atoms with Gasteiger partial charge in [0.15, 0.2) is 0 Å². The first-order valence-electron chi connectivity index (χ1n) is 5.98. The summed E-state index contributed by atoms with van der Waals surface area (Å²) < 4.78 is 0. The van der Waals surface area contributed by atoms with Gasteiger partial charge in [-0.3, -0.25) is 0 Å². The molecule has 98 valence electrons. The normalized spacial score (nSPS) is 16.9. The Morgan fingerprint density at radius 2 is 2.11 bits per heavy atom. The van der Waals surface area contributed by atoms with Gasteiger partial charge in [-0.2, -0.15) is 0 Å².